The first-order valence-corrected chi connectivity index (χ1v) is 14.6. The first-order valence-electron chi connectivity index (χ1n) is 14.6. The second-order valence-electron chi connectivity index (χ2n) is 11.7. The number of hydrogen-bond donors (Lipinski definition) is 2. The second kappa shape index (κ2) is 11.2. The Kier molecular flexibility index (Phi) is 7.50. The van der Waals surface area contributed by atoms with Crippen LogP contribution in [0.5, 0.6) is 5.75 Å². The van der Waals surface area contributed by atoms with Gasteiger partial charge in [-0.05, 0) is 37.7 Å². The minimum absolute atomic E-state index is 0.0385. The molecule has 208 valence electrons. The van der Waals surface area contributed by atoms with Gasteiger partial charge in [0.25, 0.3) is 0 Å². The maximum Gasteiger partial charge on any atom is 0.226 e. The van der Waals surface area contributed by atoms with E-state index in [1.165, 1.54) is 11.3 Å². The molecule has 2 aliphatic heterocycles. The lowest BCUT2D eigenvalue weighted by atomic mass is 9.76. The molecule has 2 N–H and O–H groups in total. The Morgan fingerprint density at radius 1 is 1.18 bits per heavy atom. The van der Waals surface area contributed by atoms with Gasteiger partial charge in [0.2, 0.25) is 11.8 Å². The van der Waals surface area contributed by atoms with Gasteiger partial charge in [-0.15, -0.1) is 0 Å². The number of aromatic amines is 1. The molecular weight excluding hydrogens is 494 g/mol. The van der Waals surface area contributed by atoms with E-state index in [4.69, 9.17) is 9.47 Å². The van der Waals surface area contributed by atoms with Gasteiger partial charge in [-0.2, -0.15) is 5.26 Å². The van der Waals surface area contributed by atoms with Crippen molar-refractivity contribution in [1.29, 1.82) is 5.26 Å². The number of carbonyl (C=O) groups is 2. The summed E-state index contributed by atoms with van der Waals surface area (Å²) in [5, 5.41) is 13.4. The van der Waals surface area contributed by atoms with Crippen LogP contribution in [-0.4, -0.2) is 78.1 Å². The van der Waals surface area contributed by atoms with E-state index in [0.29, 0.717) is 26.1 Å². The van der Waals surface area contributed by atoms with Gasteiger partial charge in [-0.1, -0.05) is 25.0 Å². The zero-order chi connectivity index (χ0) is 26.8. The number of rotatable bonds is 8. The maximum atomic E-state index is 13.8. The molecule has 2 amide bonds. The molecule has 0 unspecified atom stereocenters. The van der Waals surface area contributed by atoms with Crippen molar-refractivity contribution in [2.45, 2.75) is 63.5 Å². The summed E-state index contributed by atoms with van der Waals surface area (Å²) in [6.45, 7) is 6.22. The Morgan fingerprint density at radius 3 is 2.79 bits per heavy atom. The molecule has 2 saturated carbocycles. The number of morpholine rings is 1. The lowest BCUT2D eigenvalue weighted by Gasteiger charge is -2.36. The minimum atomic E-state index is -0.658. The molecular formula is C30H39N5O4. The lowest BCUT2D eigenvalue weighted by Crippen LogP contribution is -2.44. The van der Waals surface area contributed by atoms with E-state index in [1.807, 2.05) is 17.0 Å². The number of aromatic nitrogens is 1. The number of para-hydroxylation sites is 1. The van der Waals surface area contributed by atoms with Crippen LogP contribution in [0.2, 0.25) is 0 Å². The predicted octanol–water partition coefficient (Wildman–Crippen LogP) is 3.13. The summed E-state index contributed by atoms with van der Waals surface area (Å²) in [5.74, 6) is 0.852. The molecule has 3 fully saturated rings. The highest BCUT2D eigenvalue weighted by Crippen LogP contribution is 2.38. The zero-order valence-corrected chi connectivity index (χ0v) is 22.7. The van der Waals surface area contributed by atoms with Crippen LogP contribution in [0, 0.1) is 23.2 Å². The van der Waals surface area contributed by atoms with Crippen molar-refractivity contribution in [3.05, 3.63) is 29.5 Å². The van der Waals surface area contributed by atoms with Crippen LogP contribution in [-0.2, 0) is 27.3 Å². The molecule has 9 nitrogen and oxygen atoms in total. The molecule has 2 aliphatic carbocycles. The molecule has 0 spiro atoms. The first-order chi connectivity index (χ1) is 19.0. The topological polar surface area (TPSA) is 111 Å². The Bertz CT molecular complexity index is 1260. The molecule has 9 heteroatoms. The van der Waals surface area contributed by atoms with Gasteiger partial charge in [0, 0.05) is 68.1 Å². The highest BCUT2D eigenvalue weighted by molar-refractivity contribution is 5.90. The molecule has 2 atom stereocenters. The van der Waals surface area contributed by atoms with Crippen molar-refractivity contribution >= 4 is 22.7 Å². The molecule has 0 radical (unpaired) electrons. The Labute approximate surface area is 229 Å². The molecule has 1 aromatic carbocycles. The zero-order valence-electron chi connectivity index (χ0n) is 22.7. The van der Waals surface area contributed by atoms with Gasteiger partial charge in [0.15, 0.2) is 0 Å². The van der Waals surface area contributed by atoms with Gasteiger partial charge in [0.1, 0.15) is 17.9 Å². The second-order valence-corrected chi connectivity index (χ2v) is 11.7. The van der Waals surface area contributed by atoms with E-state index >= 15 is 0 Å². The number of carbonyl (C=O) groups excluding carboxylic acids is 2. The summed E-state index contributed by atoms with van der Waals surface area (Å²) in [7, 11) is 0. The molecule has 1 saturated heterocycles. The largest absolute Gasteiger partial charge is 0.490 e. The van der Waals surface area contributed by atoms with Crippen LogP contribution < -0.4 is 10.1 Å². The Hall–Kier alpha value is -3.09. The molecule has 4 aliphatic rings. The maximum absolute atomic E-state index is 13.8. The number of ether oxygens (including phenoxy) is 2. The number of nitrogens with zero attached hydrogens (tertiary/aromatic N) is 3. The Balaban J connectivity index is 1.11. The van der Waals surface area contributed by atoms with Crippen molar-refractivity contribution in [3.8, 4) is 11.8 Å². The lowest BCUT2D eigenvalue weighted by molar-refractivity contribution is -0.140. The van der Waals surface area contributed by atoms with E-state index in [-0.39, 0.29) is 23.7 Å². The van der Waals surface area contributed by atoms with Crippen LogP contribution in [0.4, 0.5) is 0 Å². The van der Waals surface area contributed by atoms with E-state index < -0.39 is 5.54 Å². The van der Waals surface area contributed by atoms with Gasteiger partial charge in [-0.25, -0.2) is 0 Å². The molecule has 1 aromatic heterocycles. The third-order valence-corrected chi connectivity index (χ3v) is 9.07. The molecule has 39 heavy (non-hydrogen) atoms. The van der Waals surface area contributed by atoms with Crippen LogP contribution in [0.1, 0.15) is 56.2 Å². The summed E-state index contributed by atoms with van der Waals surface area (Å²) < 4.78 is 11.7. The number of H-pyrrole nitrogens is 1. The van der Waals surface area contributed by atoms with Crippen molar-refractivity contribution < 1.29 is 19.1 Å². The quantitative estimate of drug-likeness (QED) is 0.540. The van der Waals surface area contributed by atoms with Crippen LogP contribution in [0.25, 0.3) is 10.9 Å². The first kappa shape index (κ1) is 26.1. The number of fused-ring (bicyclic) bond motifs is 3. The van der Waals surface area contributed by atoms with Crippen molar-refractivity contribution in [3.63, 3.8) is 0 Å². The average molecular weight is 534 g/mol. The fourth-order valence-electron chi connectivity index (χ4n) is 6.59. The van der Waals surface area contributed by atoms with Crippen molar-refractivity contribution in [2.75, 3.05) is 46.0 Å². The smallest absolute Gasteiger partial charge is 0.226 e. The molecule has 3 heterocycles. The van der Waals surface area contributed by atoms with Crippen molar-refractivity contribution in [2.24, 2.45) is 11.8 Å². The fraction of sp³-hybridized carbons (Fsp3) is 0.633. The van der Waals surface area contributed by atoms with Crippen LogP contribution >= 0.6 is 0 Å². The van der Waals surface area contributed by atoms with Crippen molar-refractivity contribution in [1.82, 2.24) is 20.1 Å². The third-order valence-electron chi connectivity index (χ3n) is 9.07. The summed E-state index contributed by atoms with van der Waals surface area (Å²) in [6.07, 6.45) is 6.36. The highest BCUT2D eigenvalue weighted by atomic mass is 16.5. The average Bonchev–Trinajstić information content (AvgIpc) is 3.63. The third kappa shape index (κ3) is 5.64. The number of nitrogens with one attached hydrogen (secondary N) is 2. The predicted molar refractivity (Wildman–Crippen MR) is 146 cm³/mol. The van der Waals surface area contributed by atoms with E-state index in [1.54, 1.807) is 0 Å². The highest BCUT2D eigenvalue weighted by Gasteiger charge is 2.45. The van der Waals surface area contributed by atoms with E-state index in [2.05, 4.69) is 27.3 Å². The van der Waals surface area contributed by atoms with Crippen LogP contribution in [0.15, 0.2) is 18.2 Å². The molecule has 0 bridgehead atoms. The normalized spacial score (nSPS) is 24.5. The molecule has 2 aromatic rings. The summed E-state index contributed by atoms with van der Waals surface area (Å²) >= 11 is 0. The summed E-state index contributed by atoms with van der Waals surface area (Å²) in [6, 6.07) is 8.40. The van der Waals surface area contributed by atoms with Gasteiger partial charge >= 0.3 is 0 Å². The van der Waals surface area contributed by atoms with Crippen LogP contribution in [0.3, 0.4) is 0 Å². The Morgan fingerprint density at radius 2 is 2.00 bits per heavy atom. The summed E-state index contributed by atoms with van der Waals surface area (Å²) in [4.78, 5) is 34.5. The number of amides is 2. The SMILES string of the molecule is N#CC1(NC(=O)C[C@H]2CCCC[C@H]2C(=O)N2CCc3[nH]c4c(OCCN5CCOCC5)cccc4c3C2)CC1. The molecule has 6 rings (SSSR count). The fourth-order valence-corrected chi connectivity index (χ4v) is 6.59. The number of benzene rings is 1. The van der Waals surface area contributed by atoms with Gasteiger partial charge in [0.05, 0.1) is 24.8 Å². The minimum Gasteiger partial charge on any atom is -0.490 e. The van der Waals surface area contributed by atoms with E-state index in [9.17, 15) is 14.9 Å². The van der Waals surface area contributed by atoms with Gasteiger partial charge in [-0.3, -0.25) is 14.5 Å². The number of nitriles is 1. The van der Waals surface area contributed by atoms with E-state index in [0.717, 1.165) is 94.4 Å². The standard InChI is InChI=1S/C30H39N5O4/c31-20-30(9-10-30)33-27(36)18-21-4-1-2-5-22(21)29(37)35-11-8-25-24(19-35)23-6-3-7-26(28(23)32-25)39-17-14-34-12-15-38-16-13-34/h3,6-7,21-22,32H,1-2,4-5,8-19H2,(H,33,36)/t21-,22-/m1/s1. The monoisotopic (exact) mass is 533 g/mol. The summed E-state index contributed by atoms with van der Waals surface area (Å²) in [5.41, 5.74) is 2.72. The van der Waals surface area contributed by atoms with Gasteiger partial charge < -0.3 is 24.7 Å². The number of hydrogen-bond acceptors (Lipinski definition) is 6.